The van der Waals surface area contributed by atoms with Crippen molar-refractivity contribution in [2.75, 3.05) is 12.8 Å². The normalized spacial score (nSPS) is 15.0. The molecule has 0 spiro atoms. The average Bonchev–Trinajstić information content (AvgIpc) is 2.77. The highest BCUT2D eigenvalue weighted by Gasteiger charge is 2.26. The lowest BCUT2D eigenvalue weighted by Crippen LogP contribution is -2.30. The maximum absolute atomic E-state index is 13.0. The second kappa shape index (κ2) is 8.11. The molecule has 1 aliphatic heterocycles. The number of nitriles is 1. The van der Waals surface area contributed by atoms with Gasteiger partial charge in [-0.3, -0.25) is 14.4 Å². The van der Waals surface area contributed by atoms with Crippen LogP contribution < -0.4 is 11.3 Å². The molecule has 0 atom stereocenters. The number of rotatable bonds is 3. The first-order valence-electron chi connectivity index (χ1n) is 10.1. The Morgan fingerprint density at radius 1 is 1.27 bits per heavy atom. The number of fused-ring (bicyclic) bond motifs is 1. The fraction of sp³-hybridized carbons (Fsp3) is 0.318. The Kier molecular flexibility index (Phi) is 5.36. The van der Waals surface area contributed by atoms with Crippen molar-refractivity contribution >= 4 is 29.6 Å². The quantitative estimate of drug-likeness (QED) is 0.414. The van der Waals surface area contributed by atoms with Crippen LogP contribution in [0.2, 0.25) is 12.6 Å². The maximum atomic E-state index is 13.0. The molecule has 0 amide bonds. The molecule has 7 nitrogen and oxygen atoms in total. The topological polar surface area (TPSA) is 110 Å². The maximum Gasteiger partial charge on any atom is 0.280 e. The van der Waals surface area contributed by atoms with Crippen LogP contribution in [-0.2, 0) is 0 Å². The van der Waals surface area contributed by atoms with Crippen LogP contribution in [0.4, 0.5) is 5.69 Å². The number of pyridine rings is 1. The molecule has 1 aliphatic rings. The van der Waals surface area contributed by atoms with Crippen molar-refractivity contribution in [1.82, 2.24) is 14.5 Å². The zero-order chi connectivity index (χ0) is 21.3. The van der Waals surface area contributed by atoms with E-state index in [2.05, 4.69) is 20.9 Å². The van der Waals surface area contributed by atoms with Gasteiger partial charge in [-0.1, -0.05) is 12.6 Å². The van der Waals surface area contributed by atoms with Crippen molar-refractivity contribution in [3.63, 3.8) is 0 Å². The van der Waals surface area contributed by atoms with Gasteiger partial charge in [-0.05, 0) is 49.1 Å². The molecule has 150 valence electrons. The molecule has 4 rings (SSSR count). The van der Waals surface area contributed by atoms with E-state index in [0.717, 1.165) is 47.7 Å². The lowest BCUT2D eigenvalue weighted by Gasteiger charge is -2.24. The van der Waals surface area contributed by atoms with Crippen LogP contribution in [0.25, 0.3) is 22.2 Å². The van der Waals surface area contributed by atoms with Crippen LogP contribution in [0.15, 0.2) is 40.5 Å². The molecule has 3 aromatic rings. The summed E-state index contributed by atoms with van der Waals surface area (Å²) in [5, 5.41) is 9.09. The van der Waals surface area contributed by atoms with Crippen molar-refractivity contribution in [2.45, 2.75) is 38.4 Å². The predicted octanol–water partition coefficient (Wildman–Crippen LogP) is 3.29. The number of benzene rings is 1. The standard InChI is InChI=1S/C22H23BN6O/c1-14-7-15(8-17(10-26-2)20(14)25)16-9-19-21(27-11-16)22(30)29(13-28-19)18-3-5-23(12-24)6-4-18/h7-11,13,18H,3-6,25H2,1-2H3. The fourth-order valence-corrected chi connectivity index (χ4v) is 4.15. The number of aromatic nitrogens is 3. The number of nitrogens with two attached hydrogens (primary N) is 1. The highest BCUT2D eigenvalue weighted by atomic mass is 16.1. The zero-order valence-corrected chi connectivity index (χ0v) is 17.2. The number of aliphatic imine (C=N–C) groups is 1. The highest BCUT2D eigenvalue weighted by molar-refractivity contribution is 6.67. The van der Waals surface area contributed by atoms with Crippen LogP contribution in [0, 0.1) is 18.2 Å². The lowest BCUT2D eigenvalue weighted by molar-refractivity contribution is 0.440. The van der Waals surface area contributed by atoms with Crippen LogP contribution in [0.1, 0.15) is 30.0 Å². The van der Waals surface area contributed by atoms with Gasteiger partial charge in [0.2, 0.25) is 0 Å². The second-order valence-electron chi connectivity index (χ2n) is 7.87. The van der Waals surface area contributed by atoms with E-state index in [1.165, 1.54) is 0 Å². The number of anilines is 1. The van der Waals surface area contributed by atoms with Crippen molar-refractivity contribution < 1.29 is 0 Å². The number of nitrogens with zero attached hydrogens (tertiary/aromatic N) is 5. The van der Waals surface area contributed by atoms with E-state index in [1.54, 1.807) is 30.4 Å². The number of hydrogen-bond acceptors (Lipinski definition) is 6. The zero-order valence-electron chi connectivity index (χ0n) is 17.2. The molecular weight excluding hydrogens is 375 g/mol. The van der Waals surface area contributed by atoms with E-state index in [0.29, 0.717) is 16.7 Å². The summed E-state index contributed by atoms with van der Waals surface area (Å²) in [5.74, 6) is 2.33. The summed E-state index contributed by atoms with van der Waals surface area (Å²) < 4.78 is 1.69. The highest BCUT2D eigenvalue weighted by Crippen LogP contribution is 2.29. The van der Waals surface area contributed by atoms with E-state index >= 15 is 0 Å². The molecule has 1 saturated heterocycles. The van der Waals surface area contributed by atoms with E-state index in [4.69, 9.17) is 11.0 Å². The van der Waals surface area contributed by atoms with Crippen molar-refractivity contribution in [2.24, 2.45) is 4.99 Å². The van der Waals surface area contributed by atoms with Gasteiger partial charge in [0.15, 0.2) is 5.52 Å². The summed E-state index contributed by atoms with van der Waals surface area (Å²) in [6.45, 7) is 2.05. The van der Waals surface area contributed by atoms with Gasteiger partial charge in [-0.15, -0.1) is 0 Å². The van der Waals surface area contributed by atoms with E-state index in [9.17, 15) is 4.79 Å². The summed E-state index contributed by atoms with van der Waals surface area (Å²) in [4.78, 5) is 26.1. The van der Waals surface area contributed by atoms with E-state index < -0.39 is 0 Å². The van der Waals surface area contributed by atoms with E-state index in [1.807, 2.05) is 25.1 Å². The minimum absolute atomic E-state index is 0.0797. The van der Waals surface area contributed by atoms with Crippen molar-refractivity contribution in [1.29, 1.82) is 5.26 Å². The van der Waals surface area contributed by atoms with Gasteiger partial charge in [0.05, 0.1) is 11.8 Å². The third kappa shape index (κ3) is 3.59. The third-order valence-corrected chi connectivity index (χ3v) is 5.92. The van der Waals surface area contributed by atoms with Gasteiger partial charge >= 0.3 is 0 Å². The first-order chi connectivity index (χ1) is 14.5. The molecule has 0 unspecified atom stereocenters. The Bertz CT molecular complexity index is 1230. The van der Waals surface area contributed by atoms with Crippen LogP contribution in [-0.4, -0.2) is 34.5 Å². The Morgan fingerprint density at radius 3 is 2.73 bits per heavy atom. The molecule has 0 bridgehead atoms. The van der Waals surface area contributed by atoms with Crippen LogP contribution in [0.3, 0.4) is 0 Å². The second-order valence-corrected chi connectivity index (χ2v) is 7.87. The smallest absolute Gasteiger partial charge is 0.280 e. The SMILES string of the molecule is CN=Cc1cc(-c2cnc3c(=O)n(C4CCB(C#N)CC4)cnc3c2)cc(C)c1N. The average molecular weight is 398 g/mol. The summed E-state index contributed by atoms with van der Waals surface area (Å²) in [7, 11) is 1.71. The van der Waals surface area contributed by atoms with Gasteiger partial charge < -0.3 is 5.73 Å². The monoisotopic (exact) mass is 398 g/mol. The van der Waals surface area contributed by atoms with Crippen molar-refractivity contribution in [3.8, 4) is 17.1 Å². The first kappa shape index (κ1) is 19.8. The molecule has 1 aromatic carbocycles. The van der Waals surface area contributed by atoms with Crippen LogP contribution in [0.5, 0.6) is 0 Å². The van der Waals surface area contributed by atoms with Gasteiger partial charge in [-0.25, -0.2) is 15.2 Å². The van der Waals surface area contributed by atoms with Gasteiger partial charge in [-0.2, -0.15) is 0 Å². The Balaban J connectivity index is 1.72. The summed E-state index contributed by atoms with van der Waals surface area (Å²) in [6.07, 6.45) is 8.33. The molecular formula is C22H23BN6O. The van der Waals surface area contributed by atoms with E-state index in [-0.39, 0.29) is 18.3 Å². The fourth-order valence-electron chi connectivity index (χ4n) is 4.15. The molecule has 0 saturated carbocycles. The molecule has 1 fully saturated rings. The molecule has 0 radical (unpaired) electrons. The number of nitrogen functional groups attached to an aromatic ring is 1. The Labute approximate surface area is 175 Å². The molecule has 0 aliphatic carbocycles. The Morgan fingerprint density at radius 2 is 2.03 bits per heavy atom. The molecule has 30 heavy (non-hydrogen) atoms. The number of hydrogen-bond donors (Lipinski definition) is 1. The van der Waals surface area contributed by atoms with Crippen LogP contribution >= 0.6 is 0 Å². The Hall–Kier alpha value is -3.47. The molecule has 3 heterocycles. The van der Waals surface area contributed by atoms with Crippen molar-refractivity contribution in [3.05, 3.63) is 52.2 Å². The van der Waals surface area contributed by atoms with Gasteiger partial charge in [0, 0.05) is 48.3 Å². The minimum atomic E-state index is -0.126. The summed E-state index contributed by atoms with van der Waals surface area (Å²) >= 11 is 0. The first-order valence-corrected chi connectivity index (χ1v) is 10.1. The molecule has 2 aromatic heterocycles. The third-order valence-electron chi connectivity index (χ3n) is 5.92. The number of aryl methyl sites for hydroxylation is 1. The largest absolute Gasteiger partial charge is 0.398 e. The van der Waals surface area contributed by atoms with Gasteiger partial charge in [0.25, 0.3) is 12.3 Å². The lowest BCUT2D eigenvalue weighted by atomic mass is 9.42. The van der Waals surface area contributed by atoms with Gasteiger partial charge in [0.1, 0.15) is 0 Å². The predicted molar refractivity (Wildman–Crippen MR) is 121 cm³/mol. The molecule has 8 heteroatoms. The summed E-state index contributed by atoms with van der Waals surface area (Å²) in [5.41, 5.74) is 11.3. The summed E-state index contributed by atoms with van der Waals surface area (Å²) in [6, 6.07) is 5.93. The molecule has 2 N–H and O–H groups in total. The minimum Gasteiger partial charge on any atom is -0.398 e.